The Morgan fingerprint density at radius 2 is 2.33 bits per heavy atom. The number of hydrogen-bond acceptors (Lipinski definition) is 1. The molecule has 0 bridgehead atoms. The highest BCUT2D eigenvalue weighted by Gasteiger charge is 2.11. The summed E-state index contributed by atoms with van der Waals surface area (Å²) in [6.07, 6.45) is 4.20. The van der Waals surface area contributed by atoms with Crippen LogP contribution in [0.5, 0.6) is 0 Å². The minimum Gasteiger partial charge on any atom is -0.383 e. The molecule has 0 aromatic carbocycles. The maximum atomic E-state index is 5.64. The van der Waals surface area contributed by atoms with Gasteiger partial charge in [-0.2, -0.15) is 0 Å². The predicted octanol–water partition coefficient (Wildman–Crippen LogP) is -1.95. The van der Waals surface area contributed by atoms with E-state index < -0.39 is 0 Å². The van der Waals surface area contributed by atoms with Crippen LogP contribution in [-0.2, 0) is 4.74 Å². The quantitative estimate of drug-likeness (QED) is 0.444. The van der Waals surface area contributed by atoms with Crippen molar-refractivity contribution in [3.05, 3.63) is 0 Å². The predicted molar refractivity (Wildman–Crippen MR) is 50.6 cm³/mol. The summed E-state index contributed by atoms with van der Waals surface area (Å²) in [7, 11) is 2.42. The third-order valence-corrected chi connectivity index (χ3v) is 12.6. The first-order valence-corrected chi connectivity index (χ1v) is 14.5. The van der Waals surface area contributed by atoms with Crippen LogP contribution in [-0.4, -0.2) is 39.7 Å². The van der Waals surface area contributed by atoms with Gasteiger partial charge >= 0.3 is 0 Å². The molecule has 1 rings (SSSR count). The maximum absolute atomic E-state index is 5.64. The molecule has 1 saturated heterocycles. The largest absolute Gasteiger partial charge is 0.383 e. The Morgan fingerprint density at radius 3 is 2.89 bits per heavy atom. The average Bonchev–Trinajstić information content (AvgIpc) is 1.91. The average molecular weight is 176 g/mol. The van der Waals surface area contributed by atoms with Crippen molar-refractivity contribution >= 4 is 27.4 Å². The molecule has 0 aromatic heterocycles. The molecule has 1 aliphatic rings. The van der Waals surface area contributed by atoms with Gasteiger partial charge in [0.05, 0.1) is 0 Å². The Balaban J connectivity index is 2.08. The molecule has 54 valence electrons. The van der Waals surface area contributed by atoms with Gasteiger partial charge in [0.2, 0.25) is 0 Å². The van der Waals surface area contributed by atoms with E-state index in [1.807, 2.05) is 0 Å². The Morgan fingerprint density at radius 1 is 1.44 bits per heavy atom. The third kappa shape index (κ3) is 2.79. The van der Waals surface area contributed by atoms with Gasteiger partial charge in [-0.3, -0.25) is 0 Å². The van der Waals surface area contributed by atoms with Crippen molar-refractivity contribution in [2.45, 2.75) is 25.0 Å². The first-order valence-electron chi connectivity index (χ1n) is 4.05. The summed E-state index contributed by atoms with van der Waals surface area (Å²) in [5.74, 6) is 0. The SMILES string of the molecule is [SiH3][SiH2][SiH2]C1CCCCO1. The molecule has 0 saturated carbocycles. The highest BCUT2D eigenvalue weighted by Crippen LogP contribution is 2.10. The zero-order chi connectivity index (χ0) is 6.53. The van der Waals surface area contributed by atoms with Crippen molar-refractivity contribution < 1.29 is 4.74 Å². The van der Waals surface area contributed by atoms with E-state index in [1.165, 1.54) is 19.3 Å². The van der Waals surface area contributed by atoms with Gasteiger partial charge in [-0.25, -0.2) is 0 Å². The summed E-state index contributed by atoms with van der Waals surface area (Å²) in [5, 5.41) is 0. The molecule has 0 aliphatic carbocycles. The summed E-state index contributed by atoms with van der Waals surface area (Å²) >= 11 is 0. The van der Waals surface area contributed by atoms with Crippen molar-refractivity contribution in [1.29, 1.82) is 0 Å². The molecule has 1 unspecified atom stereocenters. The minimum absolute atomic E-state index is 0.354. The fourth-order valence-electron chi connectivity index (χ4n) is 1.36. The lowest BCUT2D eigenvalue weighted by Crippen LogP contribution is -2.29. The van der Waals surface area contributed by atoms with E-state index in [0.717, 1.165) is 12.3 Å². The molecule has 0 amide bonds. The smallest absolute Gasteiger partial charge is 0.0465 e. The van der Waals surface area contributed by atoms with Gasteiger partial charge < -0.3 is 4.74 Å². The monoisotopic (exact) mass is 176 g/mol. The van der Waals surface area contributed by atoms with Crippen LogP contribution >= 0.6 is 0 Å². The van der Waals surface area contributed by atoms with Crippen LogP contribution in [0.15, 0.2) is 0 Å². The molecule has 0 aromatic rings. The topological polar surface area (TPSA) is 9.23 Å². The summed E-state index contributed by atoms with van der Waals surface area (Å²) < 4.78 is 5.64. The lowest BCUT2D eigenvalue weighted by molar-refractivity contribution is 0.0666. The first-order chi connectivity index (χ1) is 4.43. The van der Waals surface area contributed by atoms with Crippen LogP contribution in [0, 0.1) is 0 Å². The van der Waals surface area contributed by atoms with Gasteiger partial charge in [-0.05, 0) is 37.6 Å². The van der Waals surface area contributed by atoms with E-state index in [1.54, 1.807) is 9.76 Å². The zero-order valence-electron chi connectivity index (χ0n) is 6.23. The van der Waals surface area contributed by atoms with Crippen LogP contribution in [0.4, 0.5) is 0 Å². The van der Waals surface area contributed by atoms with E-state index in [-0.39, 0.29) is 0 Å². The fraction of sp³-hybridized carbons (Fsp3) is 1.00. The number of rotatable bonds is 2. The van der Waals surface area contributed by atoms with Crippen LogP contribution in [0.2, 0.25) is 0 Å². The molecule has 0 spiro atoms. The van der Waals surface area contributed by atoms with Gasteiger partial charge in [0.25, 0.3) is 0 Å². The lowest BCUT2D eigenvalue weighted by atomic mass is 10.2. The summed E-state index contributed by atoms with van der Waals surface area (Å²) in [5.41, 5.74) is 0.836. The molecule has 1 fully saturated rings. The van der Waals surface area contributed by atoms with Gasteiger partial charge in [0, 0.05) is 21.4 Å². The molecule has 4 heteroatoms. The molecule has 9 heavy (non-hydrogen) atoms. The van der Waals surface area contributed by atoms with Crippen LogP contribution in [0.25, 0.3) is 0 Å². The van der Waals surface area contributed by atoms with Crippen LogP contribution < -0.4 is 0 Å². The first kappa shape index (κ1) is 7.71. The van der Waals surface area contributed by atoms with Crippen LogP contribution in [0.1, 0.15) is 19.3 Å². The van der Waals surface area contributed by atoms with E-state index in [2.05, 4.69) is 0 Å². The van der Waals surface area contributed by atoms with Gasteiger partial charge in [0.15, 0.2) is 0 Å². The Bertz CT molecular complexity index is 69.8. The summed E-state index contributed by atoms with van der Waals surface area (Å²) in [6, 6.07) is 0. The lowest BCUT2D eigenvalue weighted by Gasteiger charge is -2.21. The Kier molecular flexibility index (Phi) is 3.80. The normalized spacial score (nSPS) is 31.3. The second-order valence-electron chi connectivity index (χ2n) is 2.78. The van der Waals surface area contributed by atoms with Crippen molar-refractivity contribution in [3.63, 3.8) is 0 Å². The maximum Gasteiger partial charge on any atom is 0.0465 e. The van der Waals surface area contributed by atoms with Crippen LogP contribution in [0.3, 0.4) is 0 Å². The summed E-state index contributed by atoms with van der Waals surface area (Å²) in [6.45, 7) is 1.08. The summed E-state index contributed by atoms with van der Waals surface area (Å²) in [4.78, 5) is 0. The Hall–Kier alpha value is 0.611. The van der Waals surface area contributed by atoms with Crippen molar-refractivity contribution in [2.24, 2.45) is 0 Å². The second kappa shape index (κ2) is 4.43. The molecule has 0 N–H and O–H groups in total. The second-order valence-corrected chi connectivity index (χ2v) is 19.0. The number of ether oxygens (including phenoxy) is 1. The van der Waals surface area contributed by atoms with Crippen molar-refractivity contribution in [3.8, 4) is 0 Å². The molecular weight excluding hydrogens is 160 g/mol. The Labute approximate surface area is 64.2 Å². The molecular formula is C5H16OSi3. The van der Waals surface area contributed by atoms with E-state index in [4.69, 9.17) is 4.74 Å². The highest BCUT2D eigenvalue weighted by molar-refractivity contribution is 7.24. The van der Waals surface area contributed by atoms with Crippen molar-refractivity contribution in [2.75, 3.05) is 6.61 Å². The highest BCUT2D eigenvalue weighted by atomic mass is 29.5. The third-order valence-electron chi connectivity index (χ3n) is 1.88. The zero-order valence-corrected chi connectivity index (χ0v) is 11.1. The van der Waals surface area contributed by atoms with Crippen molar-refractivity contribution in [1.82, 2.24) is 0 Å². The minimum atomic E-state index is 0.354. The van der Waals surface area contributed by atoms with E-state index in [0.29, 0.717) is 17.6 Å². The molecule has 0 radical (unpaired) electrons. The number of hydrogen-bond donors (Lipinski definition) is 0. The standard InChI is InChI=1S/C5H16OSi3/c7-9-8-5-3-1-2-4-6-5/h5H,1-4,8-9H2,7H3. The van der Waals surface area contributed by atoms with E-state index >= 15 is 0 Å². The van der Waals surface area contributed by atoms with Gasteiger partial charge in [-0.1, -0.05) is 0 Å². The van der Waals surface area contributed by atoms with E-state index in [9.17, 15) is 0 Å². The molecule has 1 aliphatic heterocycles. The van der Waals surface area contributed by atoms with Gasteiger partial charge in [-0.15, -0.1) is 0 Å². The molecule has 1 heterocycles. The molecule has 1 nitrogen and oxygen atoms in total. The molecule has 1 atom stereocenters. The fourth-order valence-corrected chi connectivity index (χ4v) is 12.0. The van der Waals surface area contributed by atoms with Gasteiger partial charge in [0.1, 0.15) is 0 Å².